The normalized spacial score (nSPS) is 12.2. The number of rotatable bonds is 2. The van der Waals surface area contributed by atoms with Crippen LogP contribution in [0.2, 0.25) is 0 Å². The van der Waals surface area contributed by atoms with Crippen LogP contribution in [-0.4, -0.2) is 4.98 Å². The monoisotopic (exact) mass is 433 g/mol. The largest absolute Gasteiger partial charge is 0.455 e. The smallest absolute Gasteiger partial charge is 0.145 e. The van der Waals surface area contributed by atoms with Crippen LogP contribution in [0.3, 0.4) is 0 Å². The van der Waals surface area contributed by atoms with E-state index in [4.69, 9.17) is 9.40 Å². The van der Waals surface area contributed by atoms with E-state index in [1.54, 1.807) is 11.3 Å². The number of hydrogen-bond acceptors (Lipinski definition) is 3. The average molecular weight is 434 g/mol. The first-order valence-corrected chi connectivity index (χ1v) is 11.7. The van der Waals surface area contributed by atoms with Crippen molar-refractivity contribution in [3.8, 4) is 21.9 Å². The predicted octanol–water partition coefficient (Wildman–Crippen LogP) is 8.83. The van der Waals surface area contributed by atoms with E-state index in [2.05, 4.69) is 93.6 Å². The fraction of sp³-hybridized carbons (Fsp3) is 0.138. The Morgan fingerprint density at radius 1 is 0.781 bits per heavy atom. The van der Waals surface area contributed by atoms with Gasteiger partial charge >= 0.3 is 0 Å². The topological polar surface area (TPSA) is 26.0 Å². The van der Waals surface area contributed by atoms with Crippen LogP contribution in [0, 0.1) is 0 Å². The lowest BCUT2D eigenvalue weighted by molar-refractivity contribution is 0.596. The van der Waals surface area contributed by atoms with E-state index in [1.807, 2.05) is 12.3 Å². The molecule has 2 nitrogen and oxygen atoms in total. The van der Waals surface area contributed by atoms with Gasteiger partial charge in [-0.15, -0.1) is 11.3 Å². The zero-order chi connectivity index (χ0) is 21.9. The third kappa shape index (κ3) is 3.12. The molecule has 0 amide bonds. The molecule has 6 aromatic rings. The molecule has 0 aliphatic carbocycles. The Kier molecular flexibility index (Phi) is 4.24. The van der Waals surface area contributed by atoms with Gasteiger partial charge in [0, 0.05) is 21.8 Å². The minimum atomic E-state index is 0.0299. The molecular formula is C29H23NOS. The first-order chi connectivity index (χ1) is 15.5. The molecule has 0 fully saturated rings. The first kappa shape index (κ1) is 19.3. The van der Waals surface area contributed by atoms with E-state index >= 15 is 0 Å². The standard InChI is InChI=1S/C29H23NOS/c1-29(2,3)23-15-20(14-18-8-4-6-10-21(18)23)28-22-17-25(31-24(22)12-13-30-28)27-16-19-9-5-7-11-26(19)32-27/h4-17H,1-3H3. The van der Waals surface area contributed by atoms with Crippen molar-refractivity contribution >= 4 is 43.2 Å². The number of thiophene rings is 1. The van der Waals surface area contributed by atoms with Crippen molar-refractivity contribution in [1.29, 1.82) is 0 Å². The van der Waals surface area contributed by atoms with Gasteiger partial charge in [0.05, 0.1) is 10.6 Å². The summed E-state index contributed by atoms with van der Waals surface area (Å²) in [6, 6.07) is 27.9. The average Bonchev–Trinajstić information content (AvgIpc) is 3.41. The van der Waals surface area contributed by atoms with Gasteiger partial charge in [-0.2, -0.15) is 0 Å². The van der Waals surface area contributed by atoms with E-state index in [-0.39, 0.29) is 5.41 Å². The lowest BCUT2D eigenvalue weighted by Crippen LogP contribution is -2.12. The second-order valence-corrected chi connectivity index (χ2v) is 10.4. The van der Waals surface area contributed by atoms with E-state index < -0.39 is 0 Å². The molecule has 0 N–H and O–H groups in total. The molecule has 3 heteroatoms. The van der Waals surface area contributed by atoms with E-state index in [0.29, 0.717) is 0 Å². The van der Waals surface area contributed by atoms with Crippen molar-refractivity contribution in [2.75, 3.05) is 0 Å². The predicted molar refractivity (Wildman–Crippen MR) is 136 cm³/mol. The van der Waals surface area contributed by atoms with Gasteiger partial charge in [-0.25, -0.2) is 0 Å². The van der Waals surface area contributed by atoms with Gasteiger partial charge in [-0.05, 0) is 63.5 Å². The van der Waals surface area contributed by atoms with Crippen LogP contribution in [0.15, 0.2) is 89.5 Å². The summed E-state index contributed by atoms with van der Waals surface area (Å²) in [6.07, 6.45) is 1.85. The number of furan rings is 1. The molecule has 3 heterocycles. The molecule has 32 heavy (non-hydrogen) atoms. The zero-order valence-electron chi connectivity index (χ0n) is 18.3. The first-order valence-electron chi connectivity index (χ1n) is 10.9. The van der Waals surface area contributed by atoms with Crippen LogP contribution in [0.1, 0.15) is 26.3 Å². The minimum Gasteiger partial charge on any atom is -0.455 e. The van der Waals surface area contributed by atoms with E-state index in [0.717, 1.165) is 32.9 Å². The minimum absolute atomic E-state index is 0.0299. The molecule has 0 radical (unpaired) electrons. The zero-order valence-corrected chi connectivity index (χ0v) is 19.2. The van der Waals surface area contributed by atoms with Gasteiger partial charge in [0.2, 0.25) is 0 Å². The third-order valence-corrected chi connectivity index (χ3v) is 7.19. The SMILES string of the molecule is CC(C)(C)c1cc(-c2nccc3oc(-c4cc5ccccc5s4)cc23)cc2ccccc12. The molecule has 0 atom stereocenters. The quantitative estimate of drug-likeness (QED) is 0.273. The third-order valence-electron chi connectivity index (χ3n) is 6.06. The van der Waals surface area contributed by atoms with Crippen LogP contribution < -0.4 is 0 Å². The Morgan fingerprint density at radius 3 is 2.38 bits per heavy atom. The maximum atomic E-state index is 6.30. The number of fused-ring (bicyclic) bond motifs is 3. The molecule has 0 bridgehead atoms. The summed E-state index contributed by atoms with van der Waals surface area (Å²) in [7, 11) is 0. The molecule has 6 rings (SSSR count). The number of benzene rings is 3. The van der Waals surface area contributed by atoms with Gasteiger partial charge < -0.3 is 4.42 Å². The van der Waals surface area contributed by atoms with Crippen molar-refractivity contribution in [2.45, 2.75) is 26.2 Å². The summed E-state index contributed by atoms with van der Waals surface area (Å²) in [5, 5.41) is 4.83. The summed E-state index contributed by atoms with van der Waals surface area (Å²) in [6.45, 7) is 6.80. The van der Waals surface area contributed by atoms with Crippen LogP contribution in [0.25, 0.3) is 53.7 Å². The van der Waals surface area contributed by atoms with Crippen molar-refractivity contribution < 1.29 is 4.42 Å². The summed E-state index contributed by atoms with van der Waals surface area (Å²) in [4.78, 5) is 5.94. The lowest BCUT2D eigenvalue weighted by Gasteiger charge is -2.22. The molecule has 0 aliphatic heterocycles. The highest BCUT2D eigenvalue weighted by atomic mass is 32.1. The highest BCUT2D eigenvalue weighted by Gasteiger charge is 2.20. The second-order valence-electron chi connectivity index (χ2n) is 9.33. The molecule has 3 aromatic carbocycles. The van der Waals surface area contributed by atoms with Crippen molar-refractivity contribution in [2.24, 2.45) is 0 Å². The number of hydrogen-bond donors (Lipinski definition) is 0. The van der Waals surface area contributed by atoms with Crippen LogP contribution in [0.5, 0.6) is 0 Å². The molecular weight excluding hydrogens is 410 g/mol. The number of aromatic nitrogens is 1. The molecule has 0 saturated heterocycles. The Hall–Kier alpha value is -3.43. The maximum absolute atomic E-state index is 6.30. The summed E-state index contributed by atoms with van der Waals surface area (Å²) in [5.74, 6) is 0.896. The van der Waals surface area contributed by atoms with Crippen LogP contribution in [0.4, 0.5) is 0 Å². The highest BCUT2D eigenvalue weighted by Crippen LogP contribution is 2.40. The molecule has 0 aliphatic rings. The molecule has 0 spiro atoms. The summed E-state index contributed by atoms with van der Waals surface area (Å²) >= 11 is 1.76. The highest BCUT2D eigenvalue weighted by molar-refractivity contribution is 7.22. The number of pyridine rings is 1. The second kappa shape index (κ2) is 7.04. The fourth-order valence-corrected chi connectivity index (χ4v) is 5.50. The summed E-state index contributed by atoms with van der Waals surface area (Å²) < 4.78 is 7.57. The Balaban J connectivity index is 1.56. The van der Waals surface area contributed by atoms with Crippen molar-refractivity contribution in [3.63, 3.8) is 0 Å². The van der Waals surface area contributed by atoms with E-state index in [1.165, 1.54) is 26.4 Å². The Bertz CT molecular complexity index is 1580. The number of nitrogens with zero attached hydrogens (tertiary/aromatic N) is 1. The fourth-order valence-electron chi connectivity index (χ4n) is 4.49. The summed E-state index contributed by atoms with van der Waals surface area (Å²) in [5.41, 5.74) is 4.32. The Morgan fingerprint density at radius 2 is 1.56 bits per heavy atom. The Labute approximate surface area is 191 Å². The lowest BCUT2D eigenvalue weighted by atomic mass is 9.82. The molecule has 156 valence electrons. The van der Waals surface area contributed by atoms with Gasteiger partial charge in [0.15, 0.2) is 0 Å². The van der Waals surface area contributed by atoms with Crippen molar-refractivity contribution in [1.82, 2.24) is 4.98 Å². The molecule has 3 aromatic heterocycles. The molecule has 0 unspecified atom stereocenters. The van der Waals surface area contributed by atoms with Crippen molar-refractivity contribution in [3.05, 3.63) is 90.6 Å². The van der Waals surface area contributed by atoms with Gasteiger partial charge in [-0.3, -0.25) is 4.98 Å². The van der Waals surface area contributed by atoms with Crippen LogP contribution >= 0.6 is 11.3 Å². The van der Waals surface area contributed by atoms with Gasteiger partial charge in [0.1, 0.15) is 11.3 Å². The maximum Gasteiger partial charge on any atom is 0.145 e. The van der Waals surface area contributed by atoms with E-state index in [9.17, 15) is 0 Å². The van der Waals surface area contributed by atoms with Gasteiger partial charge in [-0.1, -0.05) is 63.2 Å². The van der Waals surface area contributed by atoms with Gasteiger partial charge in [0.25, 0.3) is 0 Å². The molecule has 0 saturated carbocycles. The van der Waals surface area contributed by atoms with Crippen LogP contribution in [-0.2, 0) is 5.41 Å².